The molecule has 1 heterocycles. The third-order valence-electron chi connectivity index (χ3n) is 4.23. The van der Waals surface area contributed by atoms with E-state index >= 15 is 0 Å². The van der Waals surface area contributed by atoms with E-state index in [0.717, 1.165) is 5.56 Å². The Hall–Kier alpha value is -2.16. The van der Waals surface area contributed by atoms with Crippen molar-refractivity contribution in [1.29, 1.82) is 0 Å². The van der Waals surface area contributed by atoms with Crippen LogP contribution in [0.5, 0.6) is 0 Å². The molecule has 2 aromatic rings. The van der Waals surface area contributed by atoms with E-state index in [1.165, 1.54) is 23.9 Å². The highest BCUT2D eigenvalue weighted by Gasteiger charge is 2.49. The lowest BCUT2D eigenvalue weighted by Gasteiger charge is -2.36. The van der Waals surface area contributed by atoms with Gasteiger partial charge in [-0.25, -0.2) is 9.18 Å². The molecular weight excluding hydrogens is 385 g/mol. The van der Waals surface area contributed by atoms with Crippen LogP contribution < -0.4 is 5.32 Å². The molecule has 5 nitrogen and oxygen atoms in total. The van der Waals surface area contributed by atoms with Crippen LogP contribution in [0.1, 0.15) is 19.4 Å². The van der Waals surface area contributed by atoms with E-state index in [4.69, 9.17) is 12.2 Å². The molecule has 3 rings (SSSR count). The number of nitrogens with one attached hydrogen (secondary N) is 1. The summed E-state index contributed by atoms with van der Waals surface area (Å²) in [7, 11) is 0. The average molecular weight is 406 g/mol. The number of anilines is 1. The van der Waals surface area contributed by atoms with E-state index in [-0.39, 0.29) is 5.82 Å². The Bertz CT molecular complexity index is 831. The molecular formula is C19H20FN3O2S2. The molecule has 1 saturated heterocycles. The highest BCUT2D eigenvalue weighted by Crippen LogP contribution is 2.43. The van der Waals surface area contributed by atoms with Gasteiger partial charge in [0.05, 0.1) is 4.75 Å². The molecule has 0 spiro atoms. The molecule has 2 amide bonds. The fourth-order valence-electron chi connectivity index (χ4n) is 2.99. The quantitative estimate of drug-likeness (QED) is 0.439. The maximum Gasteiger partial charge on any atom is 0.347 e. The van der Waals surface area contributed by atoms with Crippen LogP contribution in [0.25, 0.3) is 0 Å². The number of hydrogen-bond donors (Lipinski definition) is 2. The van der Waals surface area contributed by atoms with Gasteiger partial charge in [-0.3, -0.25) is 5.21 Å². The van der Waals surface area contributed by atoms with Crippen molar-refractivity contribution in [3.8, 4) is 0 Å². The second-order valence-electron chi connectivity index (χ2n) is 6.74. The van der Waals surface area contributed by atoms with Gasteiger partial charge in [-0.15, -0.1) is 0 Å². The molecule has 0 saturated carbocycles. The zero-order valence-corrected chi connectivity index (χ0v) is 16.6. The number of thioether (sulfide) groups is 1. The summed E-state index contributed by atoms with van der Waals surface area (Å²) in [6.45, 7) is 4.19. The summed E-state index contributed by atoms with van der Waals surface area (Å²) < 4.78 is 13.2. The number of para-hydroxylation sites is 1. The minimum atomic E-state index is -0.677. The smallest absolute Gasteiger partial charge is 0.329 e. The fraction of sp³-hybridized carbons (Fsp3) is 0.263. The fourth-order valence-corrected chi connectivity index (χ4v) is 4.86. The minimum Gasteiger partial charge on any atom is -0.329 e. The zero-order valence-electron chi connectivity index (χ0n) is 14.9. The van der Waals surface area contributed by atoms with Crippen LogP contribution >= 0.6 is 24.0 Å². The molecule has 2 N–H and O–H groups in total. The van der Waals surface area contributed by atoms with Gasteiger partial charge in [0.1, 0.15) is 16.3 Å². The first-order chi connectivity index (χ1) is 12.8. The number of carbonyl (C=O) groups is 1. The van der Waals surface area contributed by atoms with E-state index in [0.29, 0.717) is 21.6 Å². The lowest BCUT2D eigenvalue weighted by Crippen LogP contribution is -2.55. The zero-order chi connectivity index (χ0) is 19.6. The summed E-state index contributed by atoms with van der Waals surface area (Å²) >= 11 is 6.89. The summed E-state index contributed by atoms with van der Waals surface area (Å²) in [5, 5.41) is 14.0. The van der Waals surface area contributed by atoms with Gasteiger partial charge in [-0.2, -0.15) is 5.06 Å². The molecule has 142 valence electrons. The van der Waals surface area contributed by atoms with Crippen molar-refractivity contribution in [2.24, 2.45) is 0 Å². The van der Waals surface area contributed by atoms with Crippen molar-refractivity contribution in [1.82, 2.24) is 9.96 Å². The second-order valence-corrected chi connectivity index (χ2v) is 9.03. The Morgan fingerprint density at radius 2 is 1.89 bits per heavy atom. The Kier molecular flexibility index (Phi) is 5.69. The van der Waals surface area contributed by atoms with Crippen molar-refractivity contribution in [3.05, 3.63) is 66.0 Å². The molecule has 0 radical (unpaired) electrons. The van der Waals surface area contributed by atoms with Crippen LogP contribution in [-0.2, 0) is 6.54 Å². The summed E-state index contributed by atoms with van der Waals surface area (Å²) in [6.07, 6.45) is -0.677. The summed E-state index contributed by atoms with van der Waals surface area (Å²) in [4.78, 5) is 14.3. The SMILES string of the molecule is CC1(C)SC(=S)N(Cc2ccc(F)cc2)[C@H]1N(O)C(=O)Nc1ccccc1. The van der Waals surface area contributed by atoms with E-state index in [2.05, 4.69) is 5.32 Å². The number of rotatable bonds is 4. The number of urea groups is 1. The normalized spacial score (nSPS) is 18.4. The monoisotopic (exact) mass is 405 g/mol. The van der Waals surface area contributed by atoms with Gasteiger partial charge in [-0.05, 0) is 43.7 Å². The lowest BCUT2D eigenvalue weighted by atomic mass is 10.1. The van der Waals surface area contributed by atoms with E-state index < -0.39 is 16.9 Å². The van der Waals surface area contributed by atoms with Gasteiger partial charge < -0.3 is 10.2 Å². The minimum absolute atomic E-state index is 0.319. The molecule has 0 aliphatic carbocycles. The van der Waals surface area contributed by atoms with Gasteiger partial charge in [0.15, 0.2) is 0 Å². The molecule has 0 unspecified atom stereocenters. The van der Waals surface area contributed by atoms with Crippen LogP contribution in [0.4, 0.5) is 14.9 Å². The molecule has 1 aliphatic rings. The van der Waals surface area contributed by atoms with Crippen LogP contribution in [-0.4, -0.2) is 36.4 Å². The van der Waals surface area contributed by atoms with Gasteiger partial charge in [0.25, 0.3) is 0 Å². The molecule has 0 aromatic heterocycles. The van der Waals surface area contributed by atoms with E-state index in [1.54, 1.807) is 41.3 Å². The molecule has 1 aliphatic heterocycles. The highest BCUT2D eigenvalue weighted by molar-refractivity contribution is 8.24. The first kappa shape index (κ1) is 19.6. The van der Waals surface area contributed by atoms with Gasteiger partial charge in [-0.1, -0.05) is 54.3 Å². The largest absolute Gasteiger partial charge is 0.347 e. The van der Waals surface area contributed by atoms with Crippen molar-refractivity contribution >= 4 is 40.0 Å². The third-order valence-corrected chi connectivity index (χ3v) is 5.86. The van der Waals surface area contributed by atoms with Gasteiger partial charge in [0, 0.05) is 12.2 Å². The maximum atomic E-state index is 13.2. The molecule has 8 heteroatoms. The molecule has 27 heavy (non-hydrogen) atoms. The highest BCUT2D eigenvalue weighted by atomic mass is 32.2. The van der Waals surface area contributed by atoms with Crippen LogP contribution in [0.3, 0.4) is 0 Å². The van der Waals surface area contributed by atoms with Crippen molar-refractivity contribution in [3.63, 3.8) is 0 Å². The Balaban J connectivity index is 1.81. The van der Waals surface area contributed by atoms with Crippen molar-refractivity contribution in [2.75, 3.05) is 5.32 Å². The summed E-state index contributed by atoms with van der Waals surface area (Å²) in [5.41, 5.74) is 1.41. The Morgan fingerprint density at radius 1 is 1.26 bits per heavy atom. The molecule has 1 atom stereocenters. The number of thiocarbonyl (C=S) groups is 1. The second kappa shape index (κ2) is 7.84. The number of hydrogen-bond acceptors (Lipinski definition) is 4. The topological polar surface area (TPSA) is 55.8 Å². The molecule has 0 bridgehead atoms. The number of amides is 2. The van der Waals surface area contributed by atoms with Crippen molar-refractivity contribution < 1.29 is 14.4 Å². The number of hydroxylamine groups is 2. The van der Waals surface area contributed by atoms with Gasteiger partial charge in [0.2, 0.25) is 0 Å². The summed E-state index contributed by atoms with van der Waals surface area (Å²) in [5.74, 6) is -0.319. The number of benzene rings is 2. The van der Waals surface area contributed by atoms with Crippen molar-refractivity contribution in [2.45, 2.75) is 31.3 Å². The van der Waals surface area contributed by atoms with Crippen LogP contribution in [0, 0.1) is 5.82 Å². The van der Waals surface area contributed by atoms with E-state index in [9.17, 15) is 14.4 Å². The third kappa shape index (κ3) is 4.40. The number of nitrogens with zero attached hydrogens (tertiary/aromatic N) is 2. The predicted molar refractivity (Wildman–Crippen MR) is 109 cm³/mol. The predicted octanol–water partition coefficient (Wildman–Crippen LogP) is 4.69. The first-order valence-corrected chi connectivity index (χ1v) is 9.58. The number of halogens is 1. The Morgan fingerprint density at radius 3 is 2.52 bits per heavy atom. The maximum absolute atomic E-state index is 13.2. The lowest BCUT2D eigenvalue weighted by molar-refractivity contribution is -0.115. The van der Waals surface area contributed by atoms with E-state index in [1.807, 2.05) is 19.9 Å². The Labute approximate surface area is 167 Å². The standard InChI is InChI=1S/C19H20FN3O2S2/c1-19(2)16(23(25)17(24)21-15-6-4-3-5-7-15)22(18(26)27-19)12-13-8-10-14(20)11-9-13/h3-11,16,25H,12H2,1-2H3,(H,21,24)/t16-/m0/s1. The summed E-state index contributed by atoms with van der Waals surface area (Å²) in [6, 6.07) is 14.3. The van der Waals surface area contributed by atoms with Gasteiger partial charge >= 0.3 is 6.03 Å². The van der Waals surface area contributed by atoms with Crippen LogP contribution in [0.2, 0.25) is 0 Å². The van der Waals surface area contributed by atoms with Crippen LogP contribution in [0.15, 0.2) is 54.6 Å². The molecule has 1 fully saturated rings. The average Bonchev–Trinajstić information content (AvgIpc) is 2.85. The number of carbonyl (C=O) groups excluding carboxylic acids is 1. The first-order valence-electron chi connectivity index (χ1n) is 8.36. The molecule has 2 aromatic carbocycles.